The molecule has 0 heterocycles. The van der Waals surface area contributed by atoms with E-state index in [-0.39, 0.29) is 24.5 Å². The van der Waals surface area contributed by atoms with Gasteiger partial charge in [0.25, 0.3) is 0 Å². The minimum atomic E-state index is -1.28. The summed E-state index contributed by atoms with van der Waals surface area (Å²) in [5.41, 5.74) is 5.23. The normalized spacial score (nSPS) is 13.5. The third-order valence-corrected chi connectivity index (χ3v) is 3.39. The lowest BCUT2D eigenvalue weighted by Gasteiger charge is -2.22. The van der Waals surface area contributed by atoms with Gasteiger partial charge in [-0.2, -0.15) is 0 Å². The molecule has 1 unspecified atom stereocenters. The van der Waals surface area contributed by atoms with Crippen molar-refractivity contribution in [3.63, 3.8) is 0 Å². The van der Waals surface area contributed by atoms with E-state index in [1.54, 1.807) is 19.1 Å². The molecule has 0 saturated heterocycles. The van der Waals surface area contributed by atoms with Gasteiger partial charge < -0.3 is 15.6 Å². The molecule has 0 bridgehead atoms. The van der Waals surface area contributed by atoms with E-state index in [0.29, 0.717) is 12.8 Å². The molecule has 1 rings (SSSR count). The molecule has 0 saturated carbocycles. The topological polar surface area (TPSA) is 116 Å². The van der Waals surface area contributed by atoms with E-state index in [4.69, 9.17) is 15.6 Å². The maximum Gasteiger partial charge on any atom is 0.323 e. The molecular weight excluding hydrogens is 276 g/mol. The number of aryl methyl sites for hydroxylation is 1. The van der Waals surface area contributed by atoms with Crippen LogP contribution in [0.4, 0.5) is 5.69 Å². The third-order valence-electron chi connectivity index (χ3n) is 3.39. The van der Waals surface area contributed by atoms with Crippen LogP contribution in [0.2, 0.25) is 0 Å². The van der Waals surface area contributed by atoms with Crippen LogP contribution in [0.3, 0.4) is 0 Å². The summed E-state index contributed by atoms with van der Waals surface area (Å²) in [7, 11) is 0. The molecule has 0 radical (unpaired) electrons. The Bertz CT molecular complexity index is 532. The second-order valence-corrected chi connectivity index (χ2v) is 5.00. The second-order valence-electron chi connectivity index (χ2n) is 5.00. The zero-order valence-electron chi connectivity index (χ0n) is 12.2. The Balaban J connectivity index is 2.63. The number of ether oxygens (including phenoxy) is 1. The van der Waals surface area contributed by atoms with Crippen molar-refractivity contribution in [2.24, 2.45) is 5.73 Å². The van der Waals surface area contributed by atoms with Crippen LogP contribution in [-0.4, -0.2) is 28.1 Å². The number of benzene rings is 1. The monoisotopic (exact) mass is 296 g/mol. The van der Waals surface area contributed by atoms with Gasteiger partial charge in [-0.15, -0.1) is 0 Å². The zero-order valence-corrected chi connectivity index (χ0v) is 12.2. The van der Waals surface area contributed by atoms with Crippen molar-refractivity contribution < 1.29 is 19.6 Å². The van der Waals surface area contributed by atoms with Crippen molar-refractivity contribution in [2.45, 2.75) is 38.6 Å². The highest BCUT2D eigenvalue weighted by atomic mass is 16.6. The Kier molecular flexibility index (Phi) is 5.66. The number of nitro benzene ring substituents is 1. The minimum Gasteiger partial charge on any atom is -0.487 e. The molecule has 0 aliphatic rings. The summed E-state index contributed by atoms with van der Waals surface area (Å²) in [5.74, 6) is -0.860. The fraction of sp³-hybridized carbons (Fsp3) is 0.500. The van der Waals surface area contributed by atoms with Crippen LogP contribution in [0.5, 0.6) is 5.75 Å². The van der Waals surface area contributed by atoms with E-state index in [2.05, 4.69) is 0 Å². The van der Waals surface area contributed by atoms with Gasteiger partial charge in [0.1, 0.15) is 5.54 Å². The van der Waals surface area contributed by atoms with E-state index in [1.807, 2.05) is 6.92 Å². The van der Waals surface area contributed by atoms with Crippen LogP contribution in [-0.2, 0) is 4.79 Å². The van der Waals surface area contributed by atoms with Crippen molar-refractivity contribution in [2.75, 3.05) is 6.61 Å². The molecule has 0 amide bonds. The maximum atomic E-state index is 11.0. The number of hydrogen-bond acceptors (Lipinski definition) is 5. The molecule has 116 valence electrons. The molecule has 1 aromatic carbocycles. The Morgan fingerprint density at radius 2 is 2.19 bits per heavy atom. The molecule has 21 heavy (non-hydrogen) atoms. The molecule has 3 N–H and O–H groups in total. The molecule has 1 aromatic rings. The number of nitro groups is 1. The molecular formula is C14H20N2O5. The van der Waals surface area contributed by atoms with Crippen molar-refractivity contribution >= 4 is 11.7 Å². The first-order chi connectivity index (χ1) is 9.80. The van der Waals surface area contributed by atoms with Crippen molar-refractivity contribution in [1.82, 2.24) is 0 Å². The average Bonchev–Trinajstić information content (AvgIpc) is 2.42. The second kappa shape index (κ2) is 7.03. The first-order valence-electron chi connectivity index (χ1n) is 6.70. The number of hydrogen-bond donors (Lipinski definition) is 2. The van der Waals surface area contributed by atoms with E-state index in [0.717, 1.165) is 5.56 Å². The molecule has 0 spiro atoms. The predicted molar refractivity (Wildman–Crippen MR) is 77.4 cm³/mol. The molecule has 1 atom stereocenters. The van der Waals surface area contributed by atoms with Gasteiger partial charge in [-0.3, -0.25) is 14.9 Å². The van der Waals surface area contributed by atoms with E-state index >= 15 is 0 Å². The van der Waals surface area contributed by atoms with Crippen LogP contribution >= 0.6 is 0 Å². The van der Waals surface area contributed by atoms with Gasteiger partial charge in [0, 0.05) is 6.07 Å². The van der Waals surface area contributed by atoms with Crippen molar-refractivity contribution in [3.05, 3.63) is 33.9 Å². The van der Waals surface area contributed by atoms with E-state index in [1.165, 1.54) is 6.07 Å². The van der Waals surface area contributed by atoms with Gasteiger partial charge in [-0.1, -0.05) is 13.0 Å². The lowest BCUT2D eigenvalue weighted by atomic mass is 9.92. The van der Waals surface area contributed by atoms with E-state index in [9.17, 15) is 14.9 Å². The van der Waals surface area contributed by atoms with Crippen LogP contribution in [0, 0.1) is 17.0 Å². The van der Waals surface area contributed by atoms with Crippen LogP contribution in [0.15, 0.2) is 18.2 Å². The van der Waals surface area contributed by atoms with E-state index < -0.39 is 16.4 Å². The maximum absolute atomic E-state index is 11.0. The fourth-order valence-corrected chi connectivity index (χ4v) is 1.89. The van der Waals surface area contributed by atoms with Gasteiger partial charge in [0.2, 0.25) is 0 Å². The summed E-state index contributed by atoms with van der Waals surface area (Å²) in [5, 5.41) is 19.9. The van der Waals surface area contributed by atoms with Crippen LogP contribution in [0.25, 0.3) is 0 Å². The molecule has 0 aliphatic heterocycles. The van der Waals surface area contributed by atoms with Crippen LogP contribution in [0.1, 0.15) is 31.7 Å². The highest BCUT2D eigenvalue weighted by molar-refractivity contribution is 5.78. The van der Waals surface area contributed by atoms with Gasteiger partial charge in [-0.25, -0.2) is 0 Å². The summed E-state index contributed by atoms with van der Waals surface area (Å²) in [6.07, 6.45) is 0.965. The Morgan fingerprint density at radius 1 is 1.52 bits per heavy atom. The standard InChI is InChI=1S/C14H20N2O5/c1-3-14(15,13(17)18)7-4-8-21-12-9-10(2)5-6-11(12)16(19)20/h5-6,9H,3-4,7-8,15H2,1-2H3,(H,17,18). The number of nitrogens with zero attached hydrogens (tertiary/aromatic N) is 1. The lowest BCUT2D eigenvalue weighted by Crippen LogP contribution is -2.47. The number of carboxylic acid groups (broad SMARTS) is 1. The van der Waals surface area contributed by atoms with Crippen LogP contribution < -0.4 is 10.5 Å². The number of aliphatic carboxylic acids is 1. The number of carbonyl (C=O) groups is 1. The van der Waals surface area contributed by atoms with Gasteiger partial charge in [0.05, 0.1) is 11.5 Å². The largest absolute Gasteiger partial charge is 0.487 e. The predicted octanol–water partition coefficient (Wildman–Crippen LogP) is 2.25. The quantitative estimate of drug-likeness (QED) is 0.432. The Morgan fingerprint density at radius 3 is 2.71 bits per heavy atom. The lowest BCUT2D eigenvalue weighted by molar-refractivity contribution is -0.385. The van der Waals surface area contributed by atoms with Gasteiger partial charge >= 0.3 is 11.7 Å². The SMILES string of the molecule is CCC(N)(CCCOc1cc(C)ccc1[N+](=O)[O-])C(=O)O. The highest BCUT2D eigenvalue weighted by Gasteiger charge is 2.31. The molecule has 0 aromatic heterocycles. The summed E-state index contributed by atoms with van der Waals surface area (Å²) >= 11 is 0. The highest BCUT2D eigenvalue weighted by Crippen LogP contribution is 2.28. The molecule has 7 heteroatoms. The first-order valence-corrected chi connectivity index (χ1v) is 6.70. The first kappa shape index (κ1) is 16.9. The summed E-state index contributed by atoms with van der Waals surface area (Å²) in [4.78, 5) is 21.4. The summed E-state index contributed by atoms with van der Waals surface area (Å²) in [6, 6.07) is 4.61. The smallest absolute Gasteiger partial charge is 0.323 e. The average molecular weight is 296 g/mol. The number of nitrogens with two attached hydrogens (primary N) is 1. The number of carboxylic acids is 1. The molecule has 0 aliphatic carbocycles. The minimum absolute atomic E-state index is 0.103. The summed E-state index contributed by atoms with van der Waals surface area (Å²) < 4.78 is 5.41. The Hall–Kier alpha value is -2.15. The van der Waals surface area contributed by atoms with Gasteiger partial charge in [0.15, 0.2) is 5.75 Å². The number of rotatable bonds is 8. The fourth-order valence-electron chi connectivity index (χ4n) is 1.89. The molecule has 0 fully saturated rings. The van der Waals surface area contributed by atoms with Crippen molar-refractivity contribution in [1.29, 1.82) is 0 Å². The summed E-state index contributed by atoms with van der Waals surface area (Å²) in [6.45, 7) is 3.69. The van der Waals surface area contributed by atoms with Crippen molar-refractivity contribution in [3.8, 4) is 5.75 Å². The molecule has 7 nitrogen and oxygen atoms in total. The Labute approximate surface area is 122 Å². The van der Waals surface area contributed by atoms with Gasteiger partial charge in [-0.05, 0) is 37.8 Å². The third kappa shape index (κ3) is 4.42. The zero-order chi connectivity index (χ0) is 16.0.